The van der Waals surface area contributed by atoms with E-state index in [-0.39, 0.29) is 122 Å². The zero-order valence-electron chi connectivity index (χ0n) is 42.2. The standard InChI is InChI=1S/C52H75NO17S/c1-26-17-32-37(24-50(6)39(63-32)22-36-46(69-50)27(2)18-44(55)65-36)62-31-11-13-49(5)40(66-45(26)31)23-41-51(7,70-49)25-43-48(4,68-41)12-9-10-30-33(64-43)20-35-34(61-30)21-42-52(8,67-35)38(54)19-29(60-42)16-28(3)47(56)53-14-15-71(57,58)59/h9-10,18,26,29-43,45-46,54H,3,11-17,19-25H2,1-2,4-8H3,(H,53,56)(H,57,58,59). The van der Waals surface area contributed by atoms with Crippen molar-refractivity contribution in [3.05, 3.63) is 36.0 Å². The molecule has 11 rings (SSSR count). The van der Waals surface area contributed by atoms with Gasteiger partial charge in [0.1, 0.15) is 23.9 Å². The van der Waals surface area contributed by atoms with Crippen molar-refractivity contribution in [1.29, 1.82) is 0 Å². The van der Waals surface area contributed by atoms with Gasteiger partial charge in [0, 0.05) is 69.6 Å². The van der Waals surface area contributed by atoms with E-state index in [0.29, 0.717) is 44.9 Å². The molecule has 23 atom stereocenters. The minimum absolute atomic E-state index is 0.125. The second-order valence-electron chi connectivity index (χ2n) is 24.1. The number of carbonyl (C=O) groups is 2. The molecule has 3 N–H and O–H groups in total. The number of amides is 1. The minimum Gasteiger partial charge on any atom is -0.456 e. The molecule has 0 radical (unpaired) electrons. The lowest BCUT2D eigenvalue weighted by Crippen LogP contribution is -2.70. The van der Waals surface area contributed by atoms with Crippen LogP contribution in [0.1, 0.15) is 126 Å². The van der Waals surface area contributed by atoms with Gasteiger partial charge in [-0.25, -0.2) is 4.79 Å². The van der Waals surface area contributed by atoms with Gasteiger partial charge in [-0.1, -0.05) is 25.7 Å². The Balaban J connectivity index is 0.741. The molecule has 71 heavy (non-hydrogen) atoms. The molecule has 23 unspecified atom stereocenters. The number of nitrogens with one attached hydrogen (secondary N) is 1. The summed E-state index contributed by atoms with van der Waals surface area (Å²) in [5, 5.41) is 14.1. The van der Waals surface area contributed by atoms with E-state index in [1.165, 1.54) is 6.08 Å². The summed E-state index contributed by atoms with van der Waals surface area (Å²) in [6.07, 6.45) is 6.75. The lowest BCUT2D eigenvalue weighted by Gasteiger charge is -2.60. The van der Waals surface area contributed by atoms with Crippen molar-refractivity contribution in [3.8, 4) is 0 Å². The summed E-state index contributed by atoms with van der Waals surface area (Å²) in [6.45, 7) is 18.3. The maximum atomic E-state index is 12.7. The van der Waals surface area contributed by atoms with Crippen LogP contribution in [0.4, 0.5) is 0 Å². The molecule has 1 amide bonds. The van der Waals surface area contributed by atoms with E-state index in [9.17, 15) is 23.1 Å². The summed E-state index contributed by atoms with van der Waals surface area (Å²) in [5.41, 5.74) is -2.53. The Labute approximate surface area is 417 Å². The molecule has 11 aliphatic rings. The van der Waals surface area contributed by atoms with E-state index < -0.39 is 68.1 Å². The summed E-state index contributed by atoms with van der Waals surface area (Å²) in [6, 6.07) is 0. The van der Waals surface area contributed by atoms with Crippen LogP contribution in [0.25, 0.3) is 0 Å². The Hall–Kier alpha value is -2.37. The van der Waals surface area contributed by atoms with Crippen LogP contribution in [-0.4, -0.2) is 174 Å². The molecule has 18 nitrogen and oxygen atoms in total. The first-order valence-electron chi connectivity index (χ1n) is 26.2. The van der Waals surface area contributed by atoms with Gasteiger partial charge < -0.3 is 62.5 Å². The summed E-state index contributed by atoms with van der Waals surface area (Å²) < 4.78 is 107. The van der Waals surface area contributed by atoms with Crippen LogP contribution >= 0.6 is 0 Å². The molecule has 396 valence electrons. The van der Waals surface area contributed by atoms with Gasteiger partial charge in [0.05, 0.1) is 114 Å². The highest BCUT2D eigenvalue weighted by atomic mass is 32.2. The largest absolute Gasteiger partial charge is 0.456 e. The number of aliphatic hydroxyl groups is 1. The summed E-state index contributed by atoms with van der Waals surface area (Å²) in [5.74, 6) is -1.34. The van der Waals surface area contributed by atoms with Crippen molar-refractivity contribution in [2.24, 2.45) is 5.92 Å². The molecule has 0 spiro atoms. The molecule has 0 bridgehead atoms. The second-order valence-corrected chi connectivity index (χ2v) is 25.6. The zero-order valence-corrected chi connectivity index (χ0v) is 43.0. The van der Waals surface area contributed by atoms with Gasteiger partial charge in [0.2, 0.25) is 5.91 Å². The second kappa shape index (κ2) is 18.1. The summed E-state index contributed by atoms with van der Waals surface area (Å²) in [4.78, 5) is 24.9. The molecule has 0 aliphatic carbocycles. The van der Waals surface area contributed by atoms with Gasteiger partial charge in [0.15, 0.2) is 0 Å². The average molecular weight is 1020 g/mol. The average Bonchev–Trinajstić information content (AvgIpc) is 3.48. The third-order valence-electron chi connectivity index (χ3n) is 18.6. The van der Waals surface area contributed by atoms with E-state index in [2.05, 4.69) is 58.7 Å². The van der Waals surface area contributed by atoms with Gasteiger partial charge in [0.25, 0.3) is 10.1 Å². The molecular formula is C52H75NO17S. The number of fused-ring (bicyclic) bond motifs is 10. The lowest BCUT2D eigenvalue weighted by atomic mass is 9.72. The molecule has 0 aromatic heterocycles. The van der Waals surface area contributed by atoms with Crippen LogP contribution in [0.5, 0.6) is 0 Å². The van der Waals surface area contributed by atoms with E-state index >= 15 is 0 Å². The Morgan fingerprint density at radius 1 is 0.761 bits per heavy atom. The third-order valence-corrected chi connectivity index (χ3v) is 19.3. The third kappa shape index (κ3) is 9.34. The smallest absolute Gasteiger partial charge is 0.331 e. The predicted octanol–water partition coefficient (Wildman–Crippen LogP) is 4.28. The fourth-order valence-electron chi connectivity index (χ4n) is 14.4. The molecule has 9 fully saturated rings. The Kier molecular flexibility index (Phi) is 13.0. The molecule has 0 saturated carbocycles. The fraction of sp³-hybridized carbons (Fsp3) is 0.846. The monoisotopic (exact) mass is 1020 g/mol. The Morgan fingerprint density at radius 3 is 2.30 bits per heavy atom. The Bertz CT molecular complexity index is 2300. The van der Waals surface area contributed by atoms with Crippen LogP contribution in [0.2, 0.25) is 0 Å². The first kappa shape index (κ1) is 50.8. The molecule has 9 saturated heterocycles. The van der Waals surface area contributed by atoms with Gasteiger partial charge >= 0.3 is 5.97 Å². The highest BCUT2D eigenvalue weighted by molar-refractivity contribution is 7.85. The van der Waals surface area contributed by atoms with Crippen LogP contribution in [0.15, 0.2) is 36.0 Å². The number of carbonyl (C=O) groups excluding carboxylic acids is 2. The topological polar surface area (TPSA) is 222 Å². The minimum atomic E-state index is -4.23. The van der Waals surface area contributed by atoms with Crippen molar-refractivity contribution in [1.82, 2.24) is 5.32 Å². The van der Waals surface area contributed by atoms with Crippen molar-refractivity contribution in [2.75, 3.05) is 12.3 Å². The van der Waals surface area contributed by atoms with E-state index in [0.717, 1.165) is 24.8 Å². The molecule has 11 aliphatic heterocycles. The predicted molar refractivity (Wildman–Crippen MR) is 252 cm³/mol. The highest BCUT2D eigenvalue weighted by Gasteiger charge is 2.64. The number of ether oxygens (including phenoxy) is 11. The highest BCUT2D eigenvalue weighted by Crippen LogP contribution is 2.55. The lowest BCUT2D eigenvalue weighted by molar-refractivity contribution is -0.356. The number of hydrogen-bond donors (Lipinski definition) is 3. The summed E-state index contributed by atoms with van der Waals surface area (Å²) in [7, 11) is -4.23. The van der Waals surface area contributed by atoms with E-state index in [1.807, 2.05) is 13.8 Å². The van der Waals surface area contributed by atoms with Crippen molar-refractivity contribution >= 4 is 22.0 Å². The number of rotatable bonds is 6. The molecule has 11 heterocycles. The van der Waals surface area contributed by atoms with E-state index in [1.54, 1.807) is 0 Å². The molecule has 19 heteroatoms. The number of aliphatic hydroxyl groups excluding tert-OH is 1. The van der Waals surface area contributed by atoms with Gasteiger partial charge in [-0.2, -0.15) is 8.42 Å². The quantitative estimate of drug-likeness (QED) is 0.146. The normalized spacial score (nSPS) is 52.2. The fourth-order valence-corrected chi connectivity index (χ4v) is 14.8. The van der Waals surface area contributed by atoms with Crippen LogP contribution in [0.3, 0.4) is 0 Å². The SMILES string of the molecule is C=C(CC1CC(O)C2(C)OC3CC4OC5CC6(C)OC7(C)CCC8OC9CC%10(C)OC%11C(C)=CC(=O)OC%11CC%10OC9CC(C)C8OC7CC6OC5(C)CC=CC4OC3CC2O1)C(=O)NCCS(=O)(=O)O. The van der Waals surface area contributed by atoms with Gasteiger partial charge in [-0.15, -0.1) is 0 Å². The number of hydrogen-bond acceptors (Lipinski definition) is 16. The first-order chi connectivity index (χ1) is 33.4. The first-order valence-corrected chi connectivity index (χ1v) is 27.8. The van der Waals surface area contributed by atoms with Crippen LogP contribution in [0, 0.1) is 5.92 Å². The van der Waals surface area contributed by atoms with Crippen molar-refractivity contribution < 1.29 is 79.8 Å². The summed E-state index contributed by atoms with van der Waals surface area (Å²) >= 11 is 0. The molecule has 0 aromatic carbocycles. The molecular weight excluding hydrogens is 943 g/mol. The molecule has 0 aromatic rings. The van der Waals surface area contributed by atoms with Crippen molar-refractivity contribution in [2.45, 2.75) is 257 Å². The van der Waals surface area contributed by atoms with Gasteiger partial charge in [-0.05, 0) is 78.7 Å². The van der Waals surface area contributed by atoms with Gasteiger partial charge in [-0.3, -0.25) is 9.35 Å². The van der Waals surface area contributed by atoms with E-state index in [4.69, 9.17) is 56.7 Å². The maximum absolute atomic E-state index is 12.7. The van der Waals surface area contributed by atoms with Crippen LogP contribution in [-0.2, 0) is 71.8 Å². The van der Waals surface area contributed by atoms with Crippen molar-refractivity contribution in [3.63, 3.8) is 0 Å². The maximum Gasteiger partial charge on any atom is 0.331 e. The Morgan fingerprint density at radius 2 is 1.51 bits per heavy atom. The zero-order chi connectivity index (χ0) is 50.2. The number of esters is 1. The van der Waals surface area contributed by atoms with Crippen LogP contribution < -0.4 is 5.32 Å².